The standard InChI is InChI=1S/C45H54N8O5/c1-26(2)39(48-25-57-6)43(54)52-18-8-9-37(52)41-46-23-36(50-41)34-17-16-32-20-31(14-15-33(32)21-34)29-10-12-30(13-11-29)35-22-47-42(49-35)38-19-28(5)24-53(38)44(55)40(27(3)4)51-45(56)58-7/h10-17,20-23,26-27,37-40,48H,5,8-9,18-19,24-25H2,1-4,6-7H3,(H,46,50)(H,47,49)(H,51,56)/t37-,38-,39-,40-/m0/s1. The van der Waals surface area contributed by atoms with Gasteiger partial charge in [-0.15, -0.1) is 0 Å². The Morgan fingerprint density at radius 1 is 0.776 bits per heavy atom. The van der Waals surface area contributed by atoms with E-state index in [-0.39, 0.29) is 41.8 Å². The number of hydrogen-bond donors (Lipinski definition) is 4. The van der Waals surface area contributed by atoms with Gasteiger partial charge in [0.2, 0.25) is 11.8 Å². The van der Waals surface area contributed by atoms with Gasteiger partial charge in [-0.1, -0.05) is 88.4 Å². The second-order valence-corrected chi connectivity index (χ2v) is 16.1. The van der Waals surface area contributed by atoms with Crippen LogP contribution >= 0.6 is 0 Å². The normalized spacial score (nSPS) is 18.0. The SMILES string of the molecule is C=C1C[C@@H](c2ncc(-c3ccc(-c4ccc5cc(-c6cnc([C@@H]7CCCN7C(=O)[C@@H](NCOC)C(C)C)[nH]6)ccc5c4)cc3)[nH]2)N(C(=O)[C@@H](NC(=O)OC)C(C)C)C1. The number of carbonyl (C=O) groups excluding carboxylic acids is 3. The highest BCUT2D eigenvalue weighted by molar-refractivity contribution is 5.91. The lowest BCUT2D eigenvalue weighted by atomic mass is 9.98. The first-order chi connectivity index (χ1) is 27.9. The first kappa shape index (κ1) is 40.4. The molecule has 304 valence electrons. The van der Waals surface area contributed by atoms with Crippen LogP contribution in [-0.4, -0.2) is 93.8 Å². The number of ether oxygens (including phenoxy) is 2. The van der Waals surface area contributed by atoms with Crippen molar-refractivity contribution >= 4 is 28.7 Å². The van der Waals surface area contributed by atoms with Crippen molar-refractivity contribution in [1.82, 2.24) is 40.4 Å². The van der Waals surface area contributed by atoms with E-state index in [0.717, 1.165) is 68.7 Å². The number of carbonyl (C=O) groups is 3. The van der Waals surface area contributed by atoms with E-state index in [1.54, 1.807) is 18.2 Å². The second kappa shape index (κ2) is 17.4. The number of fused-ring (bicyclic) bond motifs is 1. The zero-order chi connectivity index (χ0) is 41.1. The lowest BCUT2D eigenvalue weighted by molar-refractivity contribution is -0.136. The van der Waals surface area contributed by atoms with Crippen LogP contribution in [0.15, 0.2) is 85.2 Å². The molecule has 0 unspecified atom stereocenters. The van der Waals surface area contributed by atoms with Gasteiger partial charge in [-0.2, -0.15) is 0 Å². The van der Waals surface area contributed by atoms with Gasteiger partial charge in [0.1, 0.15) is 17.7 Å². The molecule has 3 amide bonds. The third-order valence-electron chi connectivity index (χ3n) is 11.3. The average molecular weight is 787 g/mol. The Morgan fingerprint density at radius 2 is 1.34 bits per heavy atom. The number of nitrogens with zero attached hydrogens (tertiary/aromatic N) is 4. The molecule has 0 spiro atoms. The summed E-state index contributed by atoms with van der Waals surface area (Å²) in [5, 5.41) is 8.17. The summed E-state index contributed by atoms with van der Waals surface area (Å²) in [6.45, 7) is 13.5. The van der Waals surface area contributed by atoms with E-state index in [0.29, 0.717) is 32.1 Å². The quantitative estimate of drug-likeness (QED) is 0.0712. The number of rotatable bonds is 13. The van der Waals surface area contributed by atoms with E-state index in [1.807, 2.05) is 38.8 Å². The molecule has 4 atom stereocenters. The summed E-state index contributed by atoms with van der Waals surface area (Å²) in [6, 6.07) is 19.8. The average Bonchev–Trinajstić information content (AvgIpc) is 4.06. The fourth-order valence-corrected chi connectivity index (χ4v) is 8.17. The van der Waals surface area contributed by atoms with Gasteiger partial charge in [-0.3, -0.25) is 14.9 Å². The van der Waals surface area contributed by atoms with Crippen molar-refractivity contribution in [2.75, 3.05) is 34.0 Å². The number of aromatic nitrogens is 4. The molecular formula is C45H54N8O5. The van der Waals surface area contributed by atoms with Gasteiger partial charge in [0, 0.05) is 25.8 Å². The number of hydrogen-bond acceptors (Lipinski definition) is 8. The van der Waals surface area contributed by atoms with E-state index >= 15 is 0 Å². The van der Waals surface area contributed by atoms with E-state index in [2.05, 4.69) is 92.8 Å². The Morgan fingerprint density at radius 3 is 1.98 bits per heavy atom. The van der Waals surface area contributed by atoms with Gasteiger partial charge in [0.25, 0.3) is 0 Å². The number of alkyl carbamates (subject to hydrolysis) is 1. The number of methoxy groups -OCH3 is 2. The number of aromatic amines is 2. The molecule has 0 bridgehead atoms. The van der Waals surface area contributed by atoms with Crippen LogP contribution in [0.25, 0.3) is 44.4 Å². The van der Waals surface area contributed by atoms with Crippen molar-refractivity contribution in [2.45, 2.75) is 71.1 Å². The van der Waals surface area contributed by atoms with Gasteiger partial charge < -0.3 is 34.6 Å². The van der Waals surface area contributed by atoms with E-state index < -0.39 is 12.1 Å². The largest absolute Gasteiger partial charge is 0.453 e. The summed E-state index contributed by atoms with van der Waals surface area (Å²) in [6.07, 6.45) is 5.41. The topological polar surface area (TPSA) is 158 Å². The van der Waals surface area contributed by atoms with Crippen LogP contribution in [0.1, 0.15) is 70.7 Å². The molecule has 7 rings (SSSR count). The van der Waals surface area contributed by atoms with Gasteiger partial charge in [0.15, 0.2) is 0 Å². The van der Waals surface area contributed by atoms with Crippen molar-refractivity contribution in [3.8, 4) is 33.6 Å². The minimum Gasteiger partial charge on any atom is -0.453 e. The predicted molar refractivity (Wildman–Crippen MR) is 224 cm³/mol. The molecule has 5 aromatic rings. The van der Waals surface area contributed by atoms with Gasteiger partial charge in [-0.05, 0) is 70.7 Å². The Bertz CT molecular complexity index is 2280. The van der Waals surface area contributed by atoms with Crippen LogP contribution < -0.4 is 10.6 Å². The molecule has 3 aromatic carbocycles. The van der Waals surface area contributed by atoms with E-state index in [9.17, 15) is 14.4 Å². The zero-order valence-corrected chi connectivity index (χ0v) is 34.2. The maximum atomic E-state index is 13.7. The molecule has 2 aliphatic heterocycles. The Kier molecular flexibility index (Phi) is 12.1. The van der Waals surface area contributed by atoms with Crippen molar-refractivity contribution < 1.29 is 23.9 Å². The summed E-state index contributed by atoms with van der Waals surface area (Å²) >= 11 is 0. The predicted octanol–water partition coefficient (Wildman–Crippen LogP) is 7.38. The summed E-state index contributed by atoms with van der Waals surface area (Å²) in [7, 11) is 2.91. The molecule has 2 fully saturated rings. The Balaban J connectivity index is 1.03. The van der Waals surface area contributed by atoms with Crippen LogP contribution in [-0.2, 0) is 19.1 Å². The molecule has 13 heteroatoms. The van der Waals surface area contributed by atoms with Crippen LogP contribution in [0, 0.1) is 11.8 Å². The highest BCUT2D eigenvalue weighted by Crippen LogP contribution is 2.36. The van der Waals surface area contributed by atoms with Crippen molar-refractivity contribution in [2.24, 2.45) is 11.8 Å². The van der Waals surface area contributed by atoms with Gasteiger partial charge in [-0.25, -0.2) is 14.8 Å². The van der Waals surface area contributed by atoms with Crippen molar-refractivity contribution in [1.29, 1.82) is 0 Å². The van der Waals surface area contributed by atoms with Crippen LogP contribution in [0.4, 0.5) is 4.79 Å². The van der Waals surface area contributed by atoms with Crippen molar-refractivity contribution in [3.63, 3.8) is 0 Å². The lowest BCUT2D eigenvalue weighted by Crippen LogP contribution is -2.51. The molecule has 2 saturated heterocycles. The van der Waals surface area contributed by atoms with Crippen LogP contribution in [0.5, 0.6) is 0 Å². The third-order valence-corrected chi connectivity index (χ3v) is 11.3. The number of imidazole rings is 2. The smallest absolute Gasteiger partial charge is 0.407 e. The number of amides is 3. The number of nitrogens with one attached hydrogen (secondary N) is 4. The fraction of sp³-hybridized carbons (Fsp3) is 0.400. The highest BCUT2D eigenvalue weighted by Gasteiger charge is 2.39. The maximum absolute atomic E-state index is 13.7. The van der Waals surface area contributed by atoms with Gasteiger partial charge >= 0.3 is 6.09 Å². The molecule has 58 heavy (non-hydrogen) atoms. The van der Waals surface area contributed by atoms with Crippen molar-refractivity contribution in [3.05, 3.63) is 96.9 Å². The lowest BCUT2D eigenvalue weighted by Gasteiger charge is -2.30. The first-order valence-electron chi connectivity index (χ1n) is 20.0. The number of likely N-dealkylation sites (tertiary alicyclic amines) is 2. The summed E-state index contributed by atoms with van der Waals surface area (Å²) < 4.78 is 9.97. The molecule has 0 saturated carbocycles. The zero-order valence-electron chi connectivity index (χ0n) is 34.2. The molecule has 0 aliphatic carbocycles. The van der Waals surface area contributed by atoms with Crippen LogP contribution in [0.2, 0.25) is 0 Å². The van der Waals surface area contributed by atoms with Gasteiger partial charge in [0.05, 0.1) is 55.7 Å². The molecule has 4 heterocycles. The second-order valence-electron chi connectivity index (χ2n) is 16.1. The summed E-state index contributed by atoms with van der Waals surface area (Å²) in [5.74, 6) is 1.37. The highest BCUT2D eigenvalue weighted by atomic mass is 16.5. The first-order valence-corrected chi connectivity index (χ1v) is 20.0. The summed E-state index contributed by atoms with van der Waals surface area (Å²) in [4.78, 5) is 59.4. The molecular weight excluding hydrogens is 733 g/mol. The molecule has 2 aromatic heterocycles. The molecule has 2 aliphatic rings. The fourth-order valence-electron chi connectivity index (χ4n) is 8.17. The molecule has 4 N–H and O–H groups in total. The van der Waals surface area contributed by atoms with E-state index in [1.165, 1.54) is 7.11 Å². The minimum absolute atomic E-state index is 0.0832. The third kappa shape index (κ3) is 8.41. The Labute approximate surface area is 339 Å². The van der Waals surface area contributed by atoms with Crippen LogP contribution in [0.3, 0.4) is 0 Å². The minimum atomic E-state index is -0.732. The monoisotopic (exact) mass is 786 g/mol. The maximum Gasteiger partial charge on any atom is 0.407 e. The number of H-pyrrole nitrogens is 2. The summed E-state index contributed by atoms with van der Waals surface area (Å²) in [5.41, 5.74) is 6.89. The van der Waals surface area contributed by atoms with E-state index in [4.69, 9.17) is 14.5 Å². The number of benzene rings is 3. The molecule has 0 radical (unpaired) electrons. The Hall–Kier alpha value is -5.79. The molecule has 13 nitrogen and oxygen atoms in total.